The van der Waals surface area contributed by atoms with E-state index in [-0.39, 0.29) is 24.6 Å². The lowest BCUT2D eigenvalue weighted by Crippen LogP contribution is -2.33. The molecule has 0 saturated heterocycles. The fraction of sp³-hybridized carbons (Fsp3) is 0.259. The molecule has 0 saturated carbocycles. The lowest BCUT2D eigenvalue weighted by molar-refractivity contribution is -0.123. The van der Waals surface area contributed by atoms with Crippen LogP contribution in [0.5, 0.6) is 5.75 Å². The lowest BCUT2D eigenvalue weighted by Gasteiger charge is -2.22. The molecule has 164 valence electrons. The number of benzene rings is 3. The van der Waals surface area contributed by atoms with Crippen LogP contribution in [0.4, 0.5) is 0 Å². The van der Waals surface area contributed by atoms with E-state index >= 15 is 0 Å². The Labute approximate surface area is 189 Å². The number of carbonyl (C=O) groups is 1. The molecule has 0 bridgehead atoms. The van der Waals surface area contributed by atoms with Crippen LogP contribution in [0.2, 0.25) is 0 Å². The summed E-state index contributed by atoms with van der Waals surface area (Å²) in [6.45, 7) is 8.06. The van der Waals surface area contributed by atoms with Crippen LogP contribution in [0.15, 0.2) is 72.8 Å². The van der Waals surface area contributed by atoms with Gasteiger partial charge in [-0.1, -0.05) is 54.6 Å². The van der Waals surface area contributed by atoms with Crippen LogP contribution in [0, 0.1) is 13.8 Å². The van der Waals surface area contributed by atoms with Crippen molar-refractivity contribution in [2.45, 2.75) is 39.8 Å². The molecule has 0 aliphatic carbocycles. The van der Waals surface area contributed by atoms with Crippen molar-refractivity contribution in [1.82, 2.24) is 14.9 Å². The minimum absolute atomic E-state index is 0.0386. The first-order valence-electron chi connectivity index (χ1n) is 10.9. The van der Waals surface area contributed by atoms with E-state index in [0.29, 0.717) is 0 Å². The van der Waals surface area contributed by atoms with E-state index < -0.39 is 0 Å². The number of para-hydroxylation sites is 2. The molecule has 1 heterocycles. The molecule has 0 spiro atoms. The zero-order chi connectivity index (χ0) is 22.7. The maximum absolute atomic E-state index is 12.7. The fourth-order valence-electron chi connectivity index (χ4n) is 4.01. The van der Waals surface area contributed by atoms with Crippen molar-refractivity contribution in [3.8, 4) is 5.75 Å². The summed E-state index contributed by atoms with van der Waals surface area (Å²) in [4.78, 5) is 17.6. The van der Waals surface area contributed by atoms with Gasteiger partial charge in [0.05, 0.1) is 23.1 Å². The van der Waals surface area contributed by atoms with Gasteiger partial charge < -0.3 is 14.6 Å². The number of rotatable bonds is 7. The highest BCUT2D eigenvalue weighted by molar-refractivity contribution is 5.79. The smallest absolute Gasteiger partial charge is 0.258 e. The molecule has 32 heavy (non-hydrogen) atoms. The summed E-state index contributed by atoms with van der Waals surface area (Å²) in [5, 5.41) is 3.06. The first-order valence-corrected chi connectivity index (χ1v) is 10.9. The van der Waals surface area contributed by atoms with Gasteiger partial charge in [0.1, 0.15) is 11.6 Å². The standard InChI is InChI=1S/C27H29N3O2/c1-18-14-15-19(2)25(16-18)32-17-26(31)28-20(3)27-29-23-12-8-9-13-24(23)30(27)21(4)22-10-6-5-7-11-22/h5-16,20-21H,17H2,1-4H3,(H,28,31). The van der Waals surface area contributed by atoms with Crippen LogP contribution in [0.3, 0.4) is 0 Å². The van der Waals surface area contributed by atoms with Gasteiger partial charge in [-0.2, -0.15) is 0 Å². The molecular formula is C27H29N3O2. The van der Waals surface area contributed by atoms with Gasteiger partial charge in [0.25, 0.3) is 5.91 Å². The second-order valence-corrected chi connectivity index (χ2v) is 8.26. The number of nitrogens with zero attached hydrogens (tertiary/aromatic N) is 2. The molecule has 0 radical (unpaired) electrons. The van der Waals surface area contributed by atoms with E-state index in [2.05, 4.69) is 35.0 Å². The van der Waals surface area contributed by atoms with Gasteiger partial charge in [0.15, 0.2) is 6.61 Å². The third-order valence-electron chi connectivity index (χ3n) is 5.76. The molecule has 3 aromatic carbocycles. The fourth-order valence-corrected chi connectivity index (χ4v) is 4.01. The lowest BCUT2D eigenvalue weighted by atomic mass is 10.1. The van der Waals surface area contributed by atoms with Crippen molar-refractivity contribution in [2.75, 3.05) is 6.61 Å². The van der Waals surface area contributed by atoms with Crippen LogP contribution in [-0.2, 0) is 4.79 Å². The van der Waals surface area contributed by atoms with E-state index in [0.717, 1.165) is 33.7 Å². The number of nitrogens with one attached hydrogen (secondary N) is 1. The number of hydrogen-bond donors (Lipinski definition) is 1. The number of fused-ring (bicyclic) bond motifs is 1. The van der Waals surface area contributed by atoms with Gasteiger partial charge in [0, 0.05) is 0 Å². The quantitative estimate of drug-likeness (QED) is 0.423. The largest absolute Gasteiger partial charge is 0.483 e. The number of aromatic nitrogens is 2. The second kappa shape index (κ2) is 9.27. The van der Waals surface area contributed by atoms with E-state index in [1.165, 1.54) is 5.56 Å². The summed E-state index contributed by atoms with van der Waals surface area (Å²) >= 11 is 0. The van der Waals surface area contributed by atoms with Crippen LogP contribution in [-0.4, -0.2) is 22.1 Å². The third-order valence-corrected chi connectivity index (χ3v) is 5.76. The Bertz CT molecular complexity index is 1230. The van der Waals surface area contributed by atoms with E-state index in [9.17, 15) is 4.79 Å². The Balaban J connectivity index is 1.56. The number of aryl methyl sites for hydroxylation is 2. The highest BCUT2D eigenvalue weighted by atomic mass is 16.5. The van der Waals surface area contributed by atoms with Crippen molar-refractivity contribution in [1.29, 1.82) is 0 Å². The normalized spacial score (nSPS) is 13.0. The van der Waals surface area contributed by atoms with Crippen molar-refractivity contribution in [3.05, 3.63) is 95.3 Å². The predicted octanol–water partition coefficient (Wildman–Crippen LogP) is 5.52. The maximum Gasteiger partial charge on any atom is 0.258 e. The predicted molar refractivity (Wildman–Crippen MR) is 128 cm³/mol. The number of amides is 1. The first kappa shape index (κ1) is 21.6. The first-order chi connectivity index (χ1) is 15.4. The Morgan fingerprint density at radius 1 is 1.00 bits per heavy atom. The molecule has 4 aromatic rings. The Kier molecular flexibility index (Phi) is 6.26. The molecule has 1 aromatic heterocycles. The molecule has 1 N–H and O–H groups in total. The minimum atomic E-state index is -0.275. The Morgan fingerprint density at radius 3 is 2.50 bits per heavy atom. The van der Waals surface area contributed by atoms with Crippen molar-refractivity contribution < 1.29 is 9.53 Å². The SMILES string of the molecule is Cc1ccc(C)c(OCC(=O)NC(C)c2nc3ccccc3n2C(C)c2ccccc2)c1. The maximum atomic E-state index is 12.7. The summed E-state index contributed by atoms with van der Waals surface area (Å²) < 4.78 is 7.99. The zero-order valence-electron chi connectivity index (χ0n) is 19.0. The minimum Gasteiger partial charge on any atom is -0.483 e. The van der Waals surface area contributed by atoms with Gasteiger partial charge in [-0.15, -0.1) is 0 Å². The molecule has 4 rings (SSSR count). The average Bonchev–Trinajstić information content (AvgIpc) is 3.19. The number of carbonyl (C=O) groups excluding carboxylic acids is 1. The molecule has 0 aliphatic heterocycles. The van der Waals surface area contributed by atoms with Crippen molar-refractivity contribution in [2.24, 2.45) is 0 Å². The Hall–Kier alpha value is -3.60. The van der Waals surface area contributed by atoms with Crippen LogP contribution in [0.1, 0.15) is 48.4 Å². The average molecular weight is 428 g/mol. The summed E-state index contributed by atoms with van der Waals surface area (Å²) in [7, 11) is 0. The number of ether oxygens (including phenoxy) is 1. The summed E-state index contributed by atoms with van der Waals surface area (Å²) in [5.74, 6) is 1.38. The van der Waals surface area contributed by atoms with Crippen molar-refractivity contribution >= 4 is 16.9 Å². The topological polar surface area (TPSA) is 56.1 Å². The van der Waals surface area contributed by atoms with Crippen LogP contribution < -0.4 is 10.1 Å². The molecular weight excluding hydrogens is 398 g/mol. The van der Waals surface area contributed by atoms with E-state index in [1.54, 1.807) is 0 Å². The molecule has 5 nitrogen and oxygen atoms in total. The molecule has 2 unspecified atom stereocenters. The molecule has 0 aliphatic rings. The summed E-state index contributed by atoms with van der Waals surface area (Å²) in [6.07, 6.45) is 0. The van der Waals surface area contributed by atoms with Gasteiger partial charge in [-0.25, -0.2) is 4.98 Å². The second-order valence-electron chi connectivity index (χ2n) is 8.26. The number of imidazole rings is 1. The van der Waals surface area contributed by atoms with Crippen LogP contribution in [0.25, 0.3) is 11.0 Å². The molecule has 5 heteroatoms. The van der Waals surface area contributed by atoms with E-state index in [1.807, 2.05) is 75.4 Å². The van der Waals surface area contributed by atoms with E-state index in [4.69, 9.17) is 9.72 Å². The third kappa shape index (κ3) is 4.52. The number of hydrogen-bond acceptors (Lipinski definition) is 3. The van der Waals surface area contributed by atoms with Crippen LogP contribution >= 0.6 is 0 Å². The molecule has 2 atom stereocenters. The summed E-state index contributed by atoms with van der Waals surface area (Å²) in [6, 6.07) is 24.2. The highest BCUT2D eigenvalue weighted by Crippen LogP contribution is 2.29. The highest BCUT2D eigenvalue weighted by Gasteiger charge is 2.22. The summed E-state index contributed by atoms with van der Waals surface area (Å²) in [5.41, 5.74) is 5.26. The Morgan fingerprint density at radius 2 is 1.72 bits per heavy atom. The monoisotopic (exact) mass is 427 g/mol. The van der Waals surface area contributed by atoms with Gasteiger partial charge in [-0.05, 0) is 62.6 Å². The zero-order valence-corrected chi connectivity index (χ0v) is 19.0. The molecule has 0 fully saturated rings. The van der Waals surface area contributed by atoms with Gasteiger partial charge >= 0.3 is 0 Å². The molecule has 1 amide bonds. The van der Waals surface area contributed by atoms with Gasteiger partial charge in [0.2, 0.25) is 0 Å². The van der Waals surface area contributed by atoms with Crippen molar-refractivity contribution in [3.63, 3.8) is 0 Å². The van der Waals surface area contributed by atoms with Gasteiger partial charge in [-0.3, -0.25) is 4.79 Å².